The smallest absolute Gasteiger partial charge is 0.652 e. The second-order valence-electron chi connectivity index (χ2n) is 0.742. The molecule has 5 nitrogen and oxygen atoms in total. The van der Waals surface area contributed by atoms with Crippen LogP contribution in [0.2, 0.25) is 0 Å². The molecule has 0 aliphatic carbocycles. The standard InChI is InChI=1S/C2H4O2.CH2O3.2Ca/c1-2(3)4;2-1(3)4;;/h1H3,(H,3,4);(H2,2,3,4);;/q;;2*+2/p-3. The van der Waals surface area contributed by atoms with Crippen molar-refractivity contribution in [2.75, 3.05) is 0 Å². The zero-order valence-electron chi connectivity index (χ0n) is 5.46. The summed E-state index contributed by atoms with van der Waals surface area (Å²) in [6.07, 6.45) is -2.33. The Balaban J connectivity index is -0.0000000300. The average Bonchev–Trinajstić information content (AvgIpc) is 1.25. The fourth-order valence-electron chi connectivity index (χ4n) is 0. The predicted octanol–water partition coefficient (Wildman–Crippen LogP) is -4.45. The summed E-state index contributed by atoms with van der Waals surface area (Å²) in [6.45, 7) is 0.972. The molecule has 0 amide bonds. The predicted molar refractivity (Wildman–Crippen MR) is 27.6 cm³/mol. The summed E-state index contributed by atoms with van der Waals surface area (Å²) in [5, 5.41) is 25.6. The van der Waals surface area contributed by atoms with E-state index >= 15 is 0 Å². The van der Waals surface area contributed by atoms with Crippen molar-refractivity contribution in [3.8, 4) is 0 Å². The van der Waals surface area contributed by atoms with Gasteiger partial charge in [-0.15, -0.1) is 0 Å². The van der Waals surface area contributed by atoms with Gasteiger partial charge in [0.2, 0.25) is 0 Å². The van der Waals surface area contributed by atoms with Crippen LogP contribution in [0.3, 0.4) is 0 Å². The fourth-order valence-corrected chi connectivity index (χ4v) is 0. The molecule has 10 heavy (non-hydrogen) atoms. The normalized spacial score (nSPS) is 4.90. The van der Waals surface area contributed by atoms with Crippen LogP contribution in [0.1, 0.15) is 6.92 Å². The summed E-state index contributed by atoms with van der Waals surface area (Å²) in [5.74, 6) is -1.08. The molecule has 0 heterocycles. The third-order valence-electron chi connectivity index (χ3n) is 0. The molecule has 0 fully saturated rings. The van der Waals surface area contributed by atoms with E-state index in [4.69, 9.17) is 24.9 Å². The molecule has 0 unspecified atom stereocenters. The van der Waals surface area contributed by atoms with Crippen LogP contribution in [0.5, 0.6) is 0 Å². The van der Waals surface area contributed by atoms with Gasteiger partial charge in [0.25, 0.3) is 0 Å². The number of carboxylic acid groups (broad SMARTS) is 3. The number of hydrogen-bond donors (Lipinski definition) is 0. The van der Waals surface area contributed by atoms with Crippen molar-refractivity contribution in [3.05, 3.63) is 0 Å². The third-order valence-corrected chi connectivity index (χ3v) is 0. The van der Waals surface area contributed by atoms with Crippen LogP contribution < -0.4 is 15.3 Å². The summed E-state index contributed by atoms with van der Waals surface area (Å²) in [6, 6.07) is 0. The maximum Gasteiger partial charge on any atom is 2.00 e. The van der Waals surface area contributed by atoms with E-state index in [1.165, 1.54) is 0 Å². The molecular formula is C3H3Ca2O5+. The summed E-state index contributed by atoms with van der Waals surface area (Å²) in [4.78, 5) is 17.2. The second kappa shape index (κ2) is 16.7. The first-order chi connectivity index (χ1) is 3.46. The number of carboxylic acids is 1. The topological polar surface area (TPSA) is 103 Å². The van der Waals surface area contributed by atoms with Crippen LogP contribution in [0.15, 0.2) is 0 Å². The van der Waals surface area contributed by atoms with E-state index in [2.05, 4.69) is 0 Å². The van der Waals surface area contributed by atoms with E-state index in [9.17, 15) is 0 Å². The maximum atomic E-state index is 8.89. The first kappa shape index (κ1) is 22.5. The molecule has 0 spiro atoms. The molecule has 7 heteroatoms. The molecule has 0 saturated heterocycles. The number of aliphatic carboxylic acids is 1. The summed E-state index contributed by atoms with van der Waals surface area (Å²) in [5.41, 5.74) is 0. The first-order valence-electron chi connectivity index (χ1n) is 1.52. The zero-order chi connectivity index (χ0) is 7.15. The van der Waals surface area contributed by atoms with Gasteiger partial charge in [0.15, 0.2) is 0 Å². The minimum Gasteiger partial charge on any atom is -0.652 e. The quantitative estimate of drug-likeness (QED) is 0.366. The summed E-state index contributed by atoms with van der Waals surface area (Å²) < 4.78 is 0. The Morgan fingerprint density at radius 3 is 1.00 bits per heavy atom. The minimum atomic E-state index is -2.33. The van der Waals surface area contributed by atoms with Crippen molar-refractivity contribution < 1.29 is 24.9 Å². The molecule has 0 rings (SSSR count). The third kappa shape index (κ3) is 398. The van der Waals surface area contributed by atoms with Gasteiger partial charge in [0.05, 0.1) is 0 Å². The SMILES string of the molecule is CC(=O)[O-].O=C([O-])[O-].[Ca+2].[Ca+2]. The van der Waals surface area contributed by atoms with Crippen LogP contribution in [0.25, 0.3) is 0 Å². The summed E-state index contributed by atoms with van der Waals surface area (Å²) >= 11 is 0. The van der Waals surface area contributed by atoms with Gasteiger partial charge < -0.3 is 24.9 Å². The van der Waals surface area contributed by atoms with Gasteiger partial charge in [-0.1, -0.05) is 0 Å². The Labute approximate surface area is 117 Å². The van der Waals surface area contributed by atoms with Gasteiger partial charge >= 0.3 is 75.5 Å². The Bertz CT molecular complexity index is 72.9. The minimum absolute atomic E-state index is 0. The van der Waals surface area contributed by atoms with E-state index in [1.54, 1.807) is 0 Å². The van der Waals surface area contributed by atoms with Crippen LogP contribution in [0.4, 0.5) is 4.79 Å². The van der Waals surface area contributed by atoms with Gasteiger partial charge in [-0.05, 0) is 13.1 Å². The van der Waals surface area contributed by atoms with Crippen LogP contribution in [0, 0.1) is 0 Å². The number of hydrogen-bond acceptors (Lipinski definition) is 5. The van der Waals surface area contributed by atoms with E-state index in [1.807, 2.05) is 0 Å². The Kier molecular flexibility index (Phi) is 37.5. The molecule has 0 aromatic rings. The van der Waals surface area contributed by atoms with Crippen LogP contribution >= 0.6 is 0 Å². The number of carbonyl (C=O) groups is 2. The molecule has 0 aromatic carbocycles. The molecule has 0 saturated carbocycles. The number of carbonyl (C=O) groups excluding carboxylic acids is 2. The van der Waals surface area contributed by atoms with Crippen molar-refractivity contribution in [2.24, 2.45) is 0 Å². The summed E-state index contributed by atoms with van der Waals surface area (Å²) in [7, 11) is 0. The van der Waals surface area contributed by atoms with E-state index in [0.29, 0.717) is 0 Å². The van der Waals surface area contributed by atoms with Gasteiger partial charge in [-0.2, -0.15) is 0 Å². The zero-order valence-corrected chi connectivity index (χ0v) is 9.87. The second-order valence-corrected chi connectivity index (χ2v) is 0.742. The van der Waals surface area contributed by atoms with Gasteiger partial charge in [-0.25, -0.2) is 0 Å². The first-order valence-corrected chi connectivity index (χ1v) is 1.52. The van der Waals surface area contributed by atoms with Gasteiger partial charge in [0.1, 0.15) is 0 Å². The molecule has 0 aromatic heterocycles. The maximum absolute atomic E-state index is 8.89. The average molecular weight is 199 g/mol. The van der Waals surface area contributed by atoms with E-state index in [-0.39, 0.29) is 75.5 Å². The monoisotopic (exact) mass is 199 g/mol. The molecule has 0 bridgehead atoms. The molecular weight excluding hydrogens is 196 g/mol. The fraction of sp³-hybridized carbons (Fsp3) is 0.333. The number of rotatable bonds is 0. The van der Waals surface area contributed by atoms with Gasteiger partial charge in [-0.3, -0.25) is 0 Å². The van der Waals surface area contributed by atoms with Gasteiger partial charge in [0, 0.05) is 5.97 Å². The van der Waals surface area contributed by atoms with Crippen molar-refractivity contribution in [2.45, 2.75) is 6.92 Å². The van der Waals surface area contributed by atoms with Crippen LogP contribution in [-0.2, 0) is 4.79 Å². The van der Waals surface area contributed by atoms with E-state index < -0.39 is 12.1 Å². The molecule has 0 N–H and O–H groups in total. The van der Waals surface area contributed by atoms with Crippen molar-refractivity contribution in [1.29, 1.82) is 0 Å². The molecule has 0 aliphatic rings. The molecule has 0 atom stereocenters. The molecule has 0 radical (unpaired) electrons. The Morgan fingerprint density at radius 2 is 1.00 bits per heavy atom. The largest absolute Gasteiger partial charge is 2.00 e. The molecule has 0 aliphatic heterocycles. The Morgan fingerprint density at radius 1 is 1.00 bits per heavy atom. The van der Waals surface area contributed by atoms with Crippen molar-refractivity contribution in [1.82, 2.24) is 0 Å². The van der Waals surface area contributed by atoms with E-state index in [0.717, 1.165) is 6.92 Å². The van der Waals surface area contributed by atoms with Crippen molar-refractivity contribution in [3.63, 3.8) is 0 Å². The van der Waals surface area contributed by atoms with Crippen molar-refractivity contribution >= 4 is 87.6 Å². The Hall–Kier alpha value is 1.26. The van der Waals surface area contributed by atoms with Crippen LogP contribution in [-0.4, -0.2) is 87.6 Å². The molecule has 48 valence electrons.